The molecule has 5 nitrogen and oxygen atoms in total. The standard InChI is InChI=1S/C12H19BrN2O3/c1-18-7-8-11(13)12(17)15(14-8)9-5-3-2-4-6-10(9)16/h9-10,14,16H,2-7H2,1H3. The molecule has 2 N–H and O–H groups in total. The smallest absolute Gasteiger partial charge is 0.281 e. The molecule has 2 unspecified atom stereocenters. The predicted molar refractivity (Wildman–Crippen MR) is 71.6 cm³/mol. The van der Waals surface area contributed by atoms with E-state index in [0.717, 1.165) is 37.8 Å². The molecular weight excluding hydrogens is 300 g/mol. The molecule has 1 saturated carbocycles. The van der Waals surface area contributed by atoms with E-state index >= 15 is 0 Å². The number of aromatic amines is 1. The quantitative estimate of drug-likeness (QED) is 0.837. The number of rotatable bonds is 3. The second-order valence-electron chi connectivity index (χ2n) is 4.79. The van der Waals surface area contributed by atoms with Crippen LogP contribution in [-0.4, -0.2) is 28.1 Å². The van der Waals surface area contributed by atoms with Crippen molar-refractivity contribution in [3.05, 3.63) is 20.5 Å². The molecule has 0 aromatic carbocycles. The van der Waals surface area contributed by atoms with Crippen LogP contribution in [0.1, 0.15) is 43.8 Å². The van der Waals surface area contributed by atoms with E-state index in [-0.39, 0.29) is 11.6 Å². The summed E-state index contributed by atoms with van der Waals surface area (Å²) in [7, 11) is 1.59. The Balaban J connectivity index is 2.31. The van der Waals surface area contributed by atoms with Gasteiger partial charge in [0.15, 0.2) is 0 Å². The first-order valence-electron chi connectivity index (χ1n) is 6.31. The number of methoxy groups -OCH3 is 1. The number of ether oxygens (including phenoxy) is 1. The molecular formula is C12H19BrN2O3. The minimum atomic E-state index is -0.453. The number of hydrogen-bond donors (Lipinski definition) is 2. The Bertz CT molecular complexity index is 455. The fraction of sp³-hybridized carbons (Fsp3) is 0.750. The normalized spacial score (nSPS) is 25.1. The average Bonchev–Trinajstić information content (AvgIpc) is 2.55. The number of aromatic nitrogens is 2. The van der Waals surface area contributed by atoms with Crippen LogP contribution in [0.2, 0.25) is 0 Å². The number of hydrogen-bond acceptors (Lipinski definition) is 3. The number of halogens is 1. The van der Waals surface area contributed by atoms with E-state index in [9.17, 15) is 9.90 Å². The van der Waals surface area contributed by atoms with Crippen LogP contribution in [0.15, 0.2) is 9.27 Å². The molecule has 2 atom stereocenters. The van der Waals surface area contributed by atoms with E-state index in [1.807, 2.05) is 0 Å². The minimum Gasteiger partial charge on any atom is -0.391 e. The predicted octanol–water partition coefficient (Wildman–Crippen LogP) is 1.95. The maximum absolute atomic E-state index is 12.1. The summed E-state index contributed by atoms with van der Waals surface area (Å²) in [4.78, 5) is 12.1. The molecule has 0 bridgehead atoms. The third kappa shape index (κ3) is 2.70. The van der Waals surface area contributed by atoms with Crippen LogP contribution in [-0.2, 0) is 11.3 Å². The maximum atomic E-state index is 12.1. The highest BCUT2D eigenvalue weighted by atomic mass is 79.9. The first-order chi connectivity index (χ1) is 8.65. The highest BCUT2D eigenvalue weighted by Crippen LogP contribution is 2.27. The molecule has 1 aliphatic carbocycles. The average molecular weight is 319 g/mol. The summed E-state index contributed by atoms with van der Waals surface area (Å²) in [5.74, 6) is 0. The molecule has 0 radical (unpaired) electrons. The van der Waals surface area contributed by atoms with Gasteiger partial charge in [-0.05, 0) is 28.8 Å². The van der Waals surface area contributed by atoms with E-state index < -0.39 is 6.10 Å². The summed E-state index contributed by atoms with van der Waals surface area (Å²) in [6, 6.07) is -0.151. The van der Waals surface area contributed by atoms with Crippen molar-refractivity contribution in [3.63, 3.8) is 0 Å². The zero-order chi connectivity index (χ0) is 13.1. The lowest BCUT2D eigenvalue weighted by Crippen LogP contribution is -2.31. The van der Waals surface area contributed by atoms with Gasteiger partial charge in [-0.15, -0.1) is 0 Å². The van der Waals surface area contributed by atoms with Crippen molar-refractivity contribution in [2.75, 3.05) is 7.11 Å². The highest BCUT2D eigenvalue weighted by molar-refractivity contribution is 9.10. The van der Waals surface area contributed by atoms with E-state index in [1.54, 1.807) is 11.8 Å². The zero-order valence-electron chi connectivity index (χ0n) is 10.5. The van der Waals surface area contributed by atoms with Crippen LogP contribution in [0.3, 0.4) is 0 Å². The molecule has 6 heteroatoms. The van der Waals surface area contributed by atoms with Gasteiger partial charge in [-0.3, -0.25) is 9.89 Å². The Morgan fingerprint density at radius 2 is 2.17 bits per heavy atom. The molecule has 1 aliphatic rings. The van der Waals surface area contributed by atoms with Gasteiger partial charge in [0.2, 0.25) is 0 Å². The van der Waals surface area contributed by atoms with Crippen molar-refractivity contribution >= 4 is 15.9 Å². The Hall–Kier alpha value is -0.590. The first kappa shape index (κ1) is 13.8. The van der Waals surface area contributed by atoms with Crippen LogP contribution < -0.4 is 5.56 Å². The van der Waals surface area contributed by atoms with Crippen molar-refractivity contribution in [2.45, 2.75) is 50.9 Å². The summed E-state index contributed by atoms with van der Waals surface area (Å²) >= 11 is 3.28. The number of nitrogens with zero attached hydrogens (tertiary/aromatic N) is 1. The first-order valence-corrected chi connectivity index (χ1v) is 7.10. The van der Waals surface area contributed by atoms with Gasteiger partial charge in [-0.1, -0.05) is 19.3 Å². The second-order valence-corrected chi connectivity index (χ2v) is 5.58. The molecule has 0 spiro atoms. The van der Waals surface area contributed by atoms with Crippen molar-refractivity contribution in [3.8, 4) is 0 Å². The van der Waals surface area contributed by atoms with Gasteiger partial charge in [0.1, 0.15) is 4.47 Å². The molecule has 1 heterocycles. The summed E-state index contributed by atoms with van der Waals surface area (Å²) in [5.41, 5.74) is 0.604. The van der Waals surface area contributed by atoms with Gasteiger partial charge in [0.05, 0.1) is 24.4 Å². The van der Waals surface area contributed by atoms with Gasteiger partial charge in [0.25, 0.3) is 5.56 Å². The molecule has 18 heavy (non-hydrogen) atoms. The van der Waals surface area contributed by atoms with Gasteiger partial charge in [-0.2, -0.15) is 0 Å². The van der Waals surface area contributed by atoms with Crippen molar-refractivity contribution in [1.29, 1.82) is 0 Å². The minimum absolute atomic E-state index is 0.118. The number of nitrogens with one attached hydrogen (secondary N) is 1. The fourth-order valence-corrected chi connectivity index (χ4v) is 2.92. The number of H-pyrrole nitrogens is 1. The molecule has 1 fully saturated rings. The Morgan fingerprint density at radius 1 is 1.44 bits per heavy atom. The third-order valence-corrected chi connectivity index (χ3v) is 4.31. The van der Waals surface area contributed by atoms with Gasteiger partial charge < -0.3 is 9.84 Å². The Labute approximate surface area is 114 Å². The van der Waals surface area contributed by atoms with E-state index in [2.05, 4.69) is 21.0 Å². The molecule has 1 aromatic heterocycles. The molecule has 102 valence electrons. The summed E-state index contributed by atoms with van der Waals surface area (Å²) < 4.78 is 7.09. The van der Waals surface area contributed by atoms with Crippen LogP contribution in [0.4, 0.5) is 0 Å². The van der Waals surface area contributed by atoms with Crippen molar-refractivity contribution in [1.82, 2.24) is 9.78 Å². The third-order valence-electron chi connectivity index (χ3n) is 3.49. The van der Waals surface area contributed by atoms with E-state index in [1.165, 1.54) is 0 Å². The van der Waals surface area contributed by atoms with Gasteiger partial charge >= 0.3 is 0 Å². The molecule has 1 aromatic rings. The summed E-state index contributed by atoms with van der Waals surface area (Å²) in [6.07, 6.45) is 4.33. The topological polar surface area (TPSA) is 67.2 Å². The monoisotopic (exact) mass is 318 g/mol. The molecule has 0 amide bonds. The number of aliphatic hydroxyl groups excluding tert-OH is 1. The Morgan fingerprint density at radius 3 is 2.89 bits per heavy atom. The van der Waals surface area contributed by atoms with Crippen LogP contribution in [0, 0.1) is 0 Å². The number of aliphatic hydroxyl groups is 1. The van der Waals surface area contributed by atoms with E-state index in [0.29, 0.717) is 11.1 Å². The highest BCUT2D eigenvalue weighted by Gasteiger charge is 2.26. The second kappa shape index (κ2) is 6.04. The fourth-order valence-electron chi connectivity index (χ4n) is 2.52. The van der Waals surface area contributed by atoms with Crippen LogP contribution in [0.25, 0.3) is 0 Å². The van der Waals surface area contributed by atoms with Crippen LogP contribution >= 0.6 is 15.9 Å². The summed E-state index contributed by atoms with van der Waals surface area (Å²) in [6.45, 7) is 0.353. The largest absolute Gasteiger partial charge is 0.391 e. The van der Waals surface area contributed by atoms with Crippen molar-refractivity contribution < 1.29 is 9.84 Å². The van der Waals surface area contributed by atoms with E-state index in [4.69, 9.17) is 4.74 Å². The van der Waals surface area contributed by atoms with Gasteiger partial charge in [-0.25, -0.2) is 4.68 Å². The lowest BCUT2D eigenvalue weighted by molar-refractivity contribution is 0.0963. The zero-order valence-corrected chi connectivity index (χ0v) is 12.1. The Kier molecular flexibility index (Phi) is 4.64. The lowest BCUT2D eigenvalue weighted by atomic mass is 10.1. The maximum Gasteiger partial charge on any atom is 0.281 e. The van der Waals surface area contributed by atoms with Gasteiger partial charge in [0, 0.05) is 7.11 Å². The summed E-state index contributed by atoms with van der Waals surface area (Å²) in [5, 5.41) is 13.2. The molecule has 2 rings (SSSR count). The lowest BCUT2D eigenvalue weighted by Gasteiger charge is -2.20. The SMILES string of the molecule is COCc1[nH]n(C2CCCCCC2O)c(=O)c1Br. The van der Waals surface area contributed by atoms with Crippen molar-refractivity contribution in [2.24, 2.45) is 0 Å². The molecule has 0 aliphatic heterocycles. The molecule has 0 saturated heterocycles. The van der Waals surface area contributed by atoms with Crippen LogP contribution in [0.5, 0.6) is 0 Å².